The zero-order valence-electron chi connectivity index (χ0n) is 70.1. The Morgan fingerprint density at radius 1 is 0.178 bits per heavy atom. The second kappa shape index (κ2) is 34.7. The Hall–Kier alpha value is -17.4. The molecule has 23 aromatic rings. The highest BCUT2D eigenvalue weighted by molar-refractivity contribution is 6.18. The summed E-state index contributed by atoms with van der Waals surface area (Å²) in [5, 5.41) is 29.1. The summed E-state index contributed by atoms with van der Waals surface area (Å²) in [6, 6.07) is 168. The van der Waals surface area contributed by atoms with Crippen LogP contribution in [0.1, 0.15) is 11.1 Å². The van der Waals surface area contributed by atoms with Crippen molar-refractivity contribution in [3.8, 4) is 157 Å². The molecule has 606 valence electrons. The average molecular weight is 1650 g/mol. The smallest absolute Gasteiger partial charge is 0.143 e. The highest BCUT2D eigenvalue weighted by Gasteiger charge is 2.34. The van der Waals surface area contributed by atoms with Gasteiger partial charge in [-0.1, -0.05) is 400 Å². The minimum absolute atomic E-state index is 0.00733. The van der Waals surface area contributed by atoms with Gasteiger partial charge in [-0.15, -0.1) is 0 Å². The lowest BCUT2D eigenvalue weighted by molar-refractivity contribution is 0.593. The van der Waals surface area contributed by atoms with Crippen molar-refractivity contribution in [2.45, 2.75) is 0 Å². The molecular weight excluding hydrogens is 1570 g/mol. The van der Waals surface area contributed by atoms with E-state index in [0.717, 1.165) is 133 Å². The molecule has 7 heteroatoms. The van der Waals surface area contributed by atoms with Crippen LogP contribution in [0, 0.1) is 34.3 Å². The fourth-order valence-corrected chi connectivity index (χ4v) is 18.6. The number of nitrogens with one attached hydrogen (secondary N) is 1. The van der Waals surface area contributed by atoms with Gasteiger partial charge >= 0.3 is 0 Å². The van der Waals surface area contributed by atoms with Crippen molar-refractivity contribution >= 4 is 65.4 Å². The zero-order valence-corrected chi connectivity index (χ0v) is 70.1. The lowest BCUT2D eigenvalue weighted by Gasteiger charge is -2.28. The van der Waals surface area contributed by atoms with Gasteiger partial charge in [0.2, 0.25) is 0 Å². The van der Waals surface area contributed by atoms with Gasteiger partial charge in [-0.05, 0) is 173 Å². The number of H-pyrrole nitrogens is 1. The van der Waals surface area contributed by atoms with Gasteiger partial charge in [-0.25, -0.2) is 8.78 Å². The SMILES string of the molecule is N#Cc1c(-c2ccccc2)c(-n2c3ccc(-c4ccccc4)cc3c3cc(-c4ccccc4)ccc32)c(-c2ccccc2)c(-n2c3ccc(-c4ccccc4)cc3c3cc(-c4ccccc4)ccc32)c1-c1ccccc1.N#Cc1c(-c2ccccc2)c(F)c(-c2ccccc2)c(F)c1-c1ccccc1.c1ccc(-c2ccc3[nH]c4ccc(-c5ccccc5)cc4c3c2)cc1. The molecule has 129 heavy (non-hydrogen) atoms. The van der Waals surface area contributed by atoms with E-state index in [1.807, 2.05) is 18.2 Å². The van der Waals surface area contributed by atoms with Crippen molar-refractivity contribution < 1.29 is 8.78 Å². The molecule has 3 heterocycles. The van der Waals surface area contributed by atoms with E-state index in [-0.39, 0.29) is 22.3 Å². The van der Waals surface area contributed by atoms with Gasteiger partial charge in [0.25, 0.3) is 0 Å². The van der Waals surface area contributed by atoms with Crippen LogP contribution in [0.25, 0.3) is 210 Å². The Morgan fingerprint density at radius 2 is 0.364 bits per heavy atom. The first-order valence-electron chi connectivity index (χ1n) is 43.3. The van der Waals surface area contributed by atoms with Crippen molar-refractivity contribution in [3.05, 3.63) is 496 Å². The quantitative estimate of drug-likeness (QED) is 0.118. The molecule has 0 aliphatic rings. The summed E-state index contributed by atoms with van der Waals surface area (Å²) in [4.78, 5) is 3.54. The van der Waals surface area contributed by atoms with Crippen LogP contribution in [0.4, 0.5) is 8.78 Å². The molecule has 0 radical (unpaired) electrons. The Labute approximate surface area is 746 Å². The van der Waals surface area contributed by atoms with Crippen LogP contribution in [-0.2, 0) is 0 Å². The number of halogens is 2. The molecule has 3 aromatic heterocycles. The molecule has 0 fully saturated rings. The standard InChI is InChI=1S/C73H47N3.C25H15F2N.C24H17N/c74-48-64-69(53-30-16-5-17-31-53)72(75-65-40-36-56(49-22-8-1-9-23-49)44-60(65)61-45-57(37-41-66(61)75)50-24-10-2-11-25-50)71(55-34-20-7-21-35-55)73(70(64)54-32-18-6-19-33-54)76-67-42-38-58(51-26-12-3-13-27-51)46-62(67)63-47-59(39-43-68(63)76)52-28-14-4-15-29-52;26-24-21(17-10-4-1-5-11-17)20(16-28)22(18-12-6-2-7-13-18)25(27)23(24)19-14-8-3-9-15-19;1-3-7-17(8-4-1)19-11-13-23-21(15-19)22-16-20(12-14-24(22)25-23)18-9-5-2-6-10-18/h1-47H;1-15H;1-16,25H. The van der Waals surface area contributed by atoms with E-state index in [1.54, 1.807) is 78.9 Å². The number of aromatic nitrogens is 3. The molecule has 0 aliphatic carbocycles. The van der Waals surface area contributed by atoms with Gasteiger partial charge in [-0.2, -0.15) is 10.5 Å². The maximum absolute atomic E-state index is 15.7. The fourth-order valence-electron chi connectivity index (χ4n) is 18.6. The predicted molar refractivity (Wildman–Crippen MR) is 532 cm³/mol. The second-order valence-corrected chi connectivity index (χ2v) is 32.2. The Balaban J connectivity index is 0.000000153. The van der Waals surface area contributed by atoms with E-state index in [1.165, 1.54) is 44.1 Å². The Morgan fingerprint density at radius 3 is 0.597 bits per heavy atom. The van der Waals surface area contributed by atoms with Crippen LogP contribution in [-0.4, -0.2) is 14.1 Å². The molecule has 0 spiro atoms. The summed E-state index contributed by atoms with van der Waals surface area (Å²) in [6.45, 7) is 0. The third kappa shape index (κ3) is 14.8. The normalized spacial score (nSPS) is 11.2. The van der Waals surface area contributed by atoms with Crippen molar-refractivity contribution in [2.75, 3.05) is 0 Å². The van der Waals surface area contributed by atoms with Crippen LogP contribution < -0.4 is 0 Å². The molecule has 5 nitrogen and oxygen atoms in total. The largest absolute Gasteiger partial charge is 0.355 e. The summed E-state index contributed by atoms with van der Waals surface area (Å²) < 4.78 is 36.2. The van der Waals surface area contributed by atoms with Gasteiger partial charge < -0.3 is 14.1 Å². The number of rotatable bonds is 14. The molecule has 0 aliphatic heterocycles. The van der Waals surface area contributed by atoms with Crippen LogP contribution >= 0.6 is 0 Å². The van der Waals surface area contributed by atoms with Gasteiger partial charge in [-0.3, -0.25) is 0 Å². The van der Waals surface area contributed by atoms with E-state index >= 15 is 8.78 Å². The minimum Gasteiger partial charge on any atom is -0.355 e. The van der Waals surface area contributed by atoms with E-state index in [2.05, 4.69) is 402 Å². The van der Waals surface area contributed by atoms with Gasteiger partial charge in [0.1, 0.15) is 23.8 Å². The topological polar surface area (TPSA) is 73.2 Å². The van der Waals surface area contributed by atoms with Crippen LogP contribution in [0.15, 0.2) is 473 Å². The molecule has 20 aromatic carbocycles. The van der Waals surface area contributed by atoms with E-state index in [9.17, 15) is 10.5 Å². The number of nitrogens with zero attached hydrogens (tertiary/aromatic N) is 4. The maximum Gasteiger partial charge on any atom is 0.143 e. The molecule has 1 N–H and O–H groups in total. The fraction of sp³-hybridized carbons (Fsp3) is 0. The average Bonchev–Trinajstić information content (AvgIpc) is 1.57. The maximum atomic E-state index is 15.7. The van der Waals surface area contributed by atoms with Crippen LogP contribution in [0.3, 0.4) is 0 Å². The number of hydrogen-bond acceptors (Lipinski definition) is 2. The number of benzene rings is 20. The highest BCUT2D eigenvalue weighted by atomic mass is 19.1. The second-order valence-electron chi connectivity index (χ2n) is 32.2. The van der Waals surface area contributed by atoms with Crippen molar-refractivity contribution in [3.63, 3.8) is 0 Å². The molecule has 23 rings (SSSR count). The molecule has 0 saturated carbocycles. The summed E-state index contributed by atoms with van der Waals surface area (Å²) in [7, 11) is 0. The predicted octanol–water partition coefficient (Wildman–Crippen LogP) is 32.9. The monoisotopic (exact) mass is 1650 g/mol. The zero-order chi connectivity index (χ0) is 86.7. The van der Waals surface area contributed by atoms with Gasteiger partial charge in [0, 0.05) is 71.2 Å². The van der Waals surface area contributed by atoms with Crippen molar-refractivity contribution in [2.24, 2.45) is 0 Å². The lowest BCUT2D eigenvalue weighted by atomic mass is 9.83. The first-order chi connectivity index (χ1) is 63.8. The van der Waals surface area contributed by atoms with E-state index in [0.29, 0.717) is 22.3 Å². The number of fused-ring (bicyclic) bond motifs is 9. The van der Waals surface area contributed by atoms with Crippen molar-refractivity contribution in [1.82, 2.24) is 14.1 Å². The highest BCUT2D eigenvalue weighted by Crippen LogP contribution is 2.54. The molecule has 0 unspecified atom stereocenters. The summed E-state index contributed by atoms with van der Waals surface area (Å²) >= 11 is 0. The van der Waals surface area contributed by atoms with E-state index < -0.39 is 11.6 Å². The first-order valence-corrected chi connectivity index (χ1v) is 43.3. The lowest BCUT2D eigenvalue weighted by Crippen LogP contribution is -2.10. The van der Waals surface area contributed by atoms with Gasteiger partial charge in [0.05, 0.1) is 50.1 Å². The molecule has 0 saturated heterocycles. The van der Waals surface area contributed by atoms with Crippen molar-refractivity contribution in [1.29, 1.82) is 10.5 Å². The molecule has 0 amide bonds. The van der Waals surface area contributed by atoms with Crippen LogP contribution in [0.5, 0.6) is 0 Å². The number of aromatic amines is 1. The van der Waals surface area contributed by atoms with Gasteiger partial charge in [0.15, 0.2) is 0 Å². The summed E-state index contributed by atoms with van der Waals surface area (Å²) in [5.41, 5.74) is 30.4. The molecule has 0 atom stereocenters. The molecular formula is C122H79F2N5. The Kier molecular flexibility index (Phi) is 21.2. The summed E-state index contributed by atoms with van der Waals surface area (Å²) in [6.07, 6.45) is 0. The number of hydrogen-bond donors (Lipinski definition) is 1. The third-order valence-corrected chi connectivity index (χ3v) is 24.6. The van der Waals surface area contributed by atoms with Crippen LogP contribution in [0.2, 0.25) is 0 Å². The first kappa shape index (κ1) is 78.9. The molecule has 0 bridgehead atoms. The van der Waals surface area contributed by atoms with E-state index in [4.69, 9.17) is 0 Å². The number of nitriles is 2. The third-order valence-electron chi connectivity index (χ3n) is 24.6. The summed E-state index contributed by atoms with van der Waals surface area (Å²) in [5.74, 6) is -1.46. The Bertz CT molecular complexity index is 7560. The minimum atomic E-state index is -0.730.